The fourth-order valence-corrected chi connectivity index (χ4v) is 2.15. The smallest absolute Gasteiger partial charge is 0.311 e. The van der Waals surface area contributed by atoms with Crippen molar-refractivity contribution < 1.29 is 14.1 Å². The van der Waals surface area contributed by atoms with Crippen molar-refractivity contribution in [2.75, 3.05) is 18.5 Å². The molecule has 0 fully saturated rings. The topological polar surface area (TPSA) is 90.1 Å². The van der Waals surface area contributed by atoms with Crippen LogP contribution >= 0.6 is 11.3 Å². The molecule has 0 aliphatic rings. The van der Waals surface area contributed by atoms with Gasteiger partial charge in [-0.3, -0.25) is 4.79 Å². The highest BCUT2D eigenvalue weighted by atomic mass is 32.1. The zero-order valence-electron chi connectivity index (χ0n) is 10.5. The Morgan fingerprint density at radius 1 is 1.58 bits per heavy atom. The molecule has 2 aromatic rings. The normalized spacial score (nSPS) is 10.4. The third kappa shape index (κ3) is 4.32. The second-order valence-electron chi connectivity index (χ2n) is 3.64. The first-order chi connectivity index (χ1) is 9.28. The van der Waals surface area contributed by atoms with E-state index in [4.69, 9.17) is 9.26 Å². The monoisotopic (exact) mass is 282 g/mol. The Balaban J connectivity index is 1.75. The van der Waals surface area contributed by atoms with Crippen molar-refractivity contribution in [1.82, 2.24) is 15.1 Å². The number of carbonyl (C=O) groups is 1. The molecule has 102 valence electrons. The summed E-state index contributed by atoms with van der Waals surface area (Å²) >= 11 is 1.45. The number of thiazole rings is 1. The number of nitrogens with one attached hydrogen (secondary N) is 1. The summed E-state index contributed by atoms with van der Waals surface area (Å²) in [6.07, 6.45) is 2.21. The first-order valence-electron chi connectivity index (χ1n) is 5.87. The van der Waals surface area contributed by atoms with Crippen LogP contribution in [0, 0.1) is 0 Å². The van der Waals surface area contributed by atoms with Gasteiger partial charge < -0.3 is 14.6 Å². The van der Waals surface area contributed by atoms with E-state index in [1.165, 1.54) is 17.7 Å². The fourth-order valence-electron chi connectivity index (χ4n) is 1.41. The van der Waals surface area contributed by atoms with E-state index in [0.717, 1.165) is 5.13 Å². The van der Waals surface area contributed by atoms with Crippen LogP contribution in [0.1, 0.15) is 18.5 Å². The summed E-state index contributed by atoms with van der Waals surface area (Å²) in [6.45, 7) is 2.82. The van der Waals surface area contributed by atoms with Crippen LogP contribution in [0.5, 0.6) is 0 Å². The molecule has 0 atom stereocenters. The summed E-state index contributed by atoms with van der Waals surface area (Å²) in [5, 5.41) is 9.26. The number of hydrogen-bond donors (Lipinski definition) is 1. The van der Waals surface area contributed by atoms with Gasteiger partial charge in [0.2, 0.25) is 5.89 Å². The van der Waals surface area contributed by atoms with Crippen molar-refractivity contribution in [3.63, 3.8) is 0 Å². The summed E-state index contributed by atoms with van der Waals surface area (Å²) in [6, 6.07) is 0. The van der Waals surface area contributed by atoms with Crippen LogP contribution in [0.4, 0.5) is 5.13 Å². The molecule has 0 aliphatic carbocycles. The number of hydrogen-bond acceptors (Lipinski definition) is 8. The van der Waals surface area contributed by atoms with Crippen molar-refractivity contribution >= 4 is 22.4 Å². The number of ether oxygens (including phenoxy) is 1. The minimum Gasteiger partial charge on any atom is -0.466 e. The highest BCUT2D eigenvalue weighted by molar-refractivity contribution is 7.13. The number of nitrogens with zero attached hydrogens (tertiary/aromatic N) is 3. The zero-order chi connectivity index (χ0) is 13.5. The molecular formula is C11H14N4O3S. The molecule has 2 heterocycles. The van der Waals surface area contributed by atoms with Gasteiger partial charge in [0.1, 0.15) is 0 Å². The third-order valence-electron chi connectivity index (χ3n) is 2.20. The largest absolute Gasteiger partial charge is 0.466 e. The molecule has 7 nitrogen and oxygen atoms in total. The first kappa shape index (κ1) is 13.5. The van der Waals surface area contributed by atoms with Crippen LogP contribution < -0.4 is 5.32 Å². The van der Waals surface area contributed by atoms with Gasteiger partial charge >= 0.3 is 5.97 Å². The molecule has 0 radical (unpaired) electrons. The summed E-state index contributed by atoms with van der Waals surface area (Å²) in [4.78, 5) is 19.5. The molecule has 19 heavy (non-hydrogen) atoms. The molecule has 2 aromatic heterocycles. The van der Waals surface area contributed by atoms with E-state index in [9.17, 15) is 4.79 Å². The van der Waals surface area contributed by atoms with Gasteiger partial charge in [0.05, 0.1) is 18.7 Å². The number of anilines is 1. The molecule has 8 heteroatoms. The summed E-state index contributed by atoms with van der Waals surface area (Å²) in [5.41, 5.74) is 0.712. The van der Waals surface area contributed by atoms with Gasteiger partial charge in [-0.2, -0.15) is 4.98 Å². The lowest BCUT2D eigenvalue weighted by molar-refractivity contribution is -0.142. The van der Waals surface area contributed by atoms with Crippen LogP contribution in [0.3, 0.4) is 0 Å². The number of esters is 1. The number of rotatable bonds is 7. The van der Waals surface area contributed by atoms with Gasteiger partial charge in [0.25, 0.3) is 0 Å². The quantitative estimate of drug-likeness (QED) is 0.765. The zero-order valence-corrected chi connectivity index (χ0v) is 11.3. The summed E-state index contributed by atoms with van der Waals surface area (Å²) in [7, 11) is 0. The number of carbonyl (C=O) groups excluding carboxylic acids is 1. The maximum Gasteiger partial charge on any atom is 0.311 e. The van der Waals surface area contributed by atoms with Gasteiger partial charge in [0.15, 0.2) is 11.5 Å². The van der Waals surface area contributed by atoms with Crippen LogP contribution in [-0.4, -0.2) is 34.2 Å². The lowest BCUT2D eigenvalue weighted by atomic mass is 10.3. The average Bonchev–Trinajstić information content (AvgIpc) is 3.01. The third-order valence-corrected chi connectivity index (χ3v) is 3.05. The second-order valence-corrected chi connectivity index (χ2v) is 4.50. The van der Waals surface area contributed by atoms with Crippen LogP contribution in [-0.2, 0) is 22.4 Å². The maximum absolute atomic E-state index is 11.3. The molecular weight excluding hydrogens is 268 g/mol. The molecule has 0 amide bonds. The predicted molar refractivity (Wildman–Crippen MR) is 68.9 cm³/mol. The molecule has 0 unspecified atom stereocenters. The Labute approximate surface area is 114 Å². The van der Waals surface area contributed by atoms with E-state index in [1.807, 2.05) is 5.38 Å². The molecule has 2 rings (SSSR count). The van der Waals surface area contributed by atoms with Crippen molar-refractivity contribution in [2.45, 2.75) is 19.8 Å². The van der Waals surface area contributed by atoms with E-state index in [1.54, 1.807) is 6.92 Å². The molecule has 0 bridgehead atoms. The molecule has 0 saturated heterocycles. The highest BCUT2D eigenvalue weighted by Crippen LogP contribution is 2.16. The molecule has 0 saturated carbocycles. The van der Waals surface area contributed by atoms with Gasteiger partial charge in [-0.15, -0.1) is 11.3 Å². The SMILES string of the molecule is CCOC(=O)Cc1csc(NCCc2ncno2)n1. The standard InChI is InChI=1S/C11H14N4O3S/c1-2-17-10(16)5-8-6-19-11(15-8)12-4-3-9-13-7-14-18-9/h6-7H,2-5H2,1H3,(H,12,15). The van der Waals surface area contributed by atoms with E-state index in [-0.39, 0.29) is 12.4 Å². The van der Waals surface area contributed by atoms with Crippen molar-refractivity contribution in [1.29, 1.82) is 0 Å². The lowest BCUT2D eigenvalue weighted by Crippen LogP contribution is -2.08. The second kappa shape index (κ2) is 6.83. The summed E-state index contributed by atoms with van der Waals surface area (Å²) in [5.74, 6) is 0.320. The highest BCUT2D eigenvalue weighted by Gasteiger charge is 2.08. The van der Waals surface area contributed by atoms with E-state index >= 15 is 0 Å². The maximum atomic E-state index is 11.3. The van der Waals surface area contributed by atoms with Gasteiger partial charge in [0, 0.05) is 18.3 Å². The molecule has 1 N–H and O–H groups in total. The van der Waals surface area contributed by atoms with Gasteiger partial charge in [-0.25, -0.2) is 4.98 Å². The van der Waals surface area contributed by atoms with Crippen LogP contribution in [0.25, 0.3) is 0 Å². The van der Waals surface area contributed by atoms with E-state index in [2.05, 4.69) is 20.4 Å². The Hall–Kier alpha value is -1.96. The van der Waals surface area contributed by atoms with Crippen LogP contribution in [0.15, 0.2) is 16.2 Å². The Bertz CT molecular complexity index is 512. The Morgan fingerprint density at radius 3 is 3.21 bits per heavy atom. The van der Waals surface area contributed by atoms with Crippen molar-refractivity contribution in [3.8, 4) is 0 Å². The van der Waals surface area contributed by atoms with Crippen LogP contribution in [0.2, 0.25) is 0 Å². The molecule has 0 aromatic carbocycles. The fraction of sp³-hybridized carbons (Fsp3) is 0.455. The predicted octanol–water partition coefficient (Wildman–Crippen LogP) is 1.29. The van der Waals surface area contributed by atoms with Crippen molar-refractivity contribution in [2.24, 2.45) is 0 Å². The molecule has 0 aliphatic heterocycles. The Kier molecular flexibility index (Phi) is 4.85. The minimum atomic E-state index is -0.259. The lowest BCUT2D eigenvalue weighted by Gasteiger charge is -1.99. The summed E-state index contributed by atoms with van der Waals surface area (Å²) < 4.78 is 9.74. The van der Waals surface area contributed by atoms with Gasteiger partial charge in [-0.1, -0.05) is 5.16 Å². The average molecular weight is 282 g/mol. The first-order valence-corrected chi connectivity index (χ1v) is 6.75. The molecule has 0 spiro atoms. The Morgan fingerprint density at radius 2 is 2.47 bits per heavy atom. The van der Waals surface area contributed by atoms with Crippen molar-refractivity contribution in [3.05, 3.63) is 23.3 Å². The van der Waals surface area contributed by atoms with Gasteiger partial charge in [-0.05, 0) is 6.92 Å². The van der Waals surface area contributed by atoms with E-state index in [0.29, 0.717) is 31.2 Å². The minimum absolute atomic E-state index is 0.204. The van der Waals surface area contributed by atoms with E-state index < -0.39 is 0 Å². The number of aromatic nitrogens is 3.